The molecule has 0 saturated heterocycles. The maximum atomic E-state index is 12.7. The Morgan fingerprint density at radius 3 is 2.58 bits per heavy atom. The van der Waals surface area contributed by atoms with E-state index in [4.69, 9.17) is 0 Å². The molecule has 0 fully saturated rings. The Morgan fingerprint density at radius 1 is 1.16 bits per heavy atom. The maximum absolute atomic E-state index is 12.7. The third-order valence-electron chi connectivity index (χ3n) is 4.89. The number of nitrogens with one attached hydrogen (secondary N) is 1. The number of alkyl halides is 3. The zero-order chi connectivity index (χ0) is 22.2. The first-order chi connectivity index (χ1) is 14.7. The Balaban J connectivity index is 1.51. The lowest BCUT2D eigenvalue weighted by Gasteiger charge is -2.11. The van der Waals surface area contributed by atoms with Crippen molar-refractivity contribution in [1.82, 2.24) is 25.0 Å². The Morgan fingerprint density at radius 2 is 1.90 bits per heavy atom. The predicted molar refractivity (Wildman–Crippen MR) is 106 cm³/mol. The second-order valence-electron chi connectivity index (χ2n) is 7.09. The number of halogens is 3. The van der Waals surface area contributed by atoms with Crippen LogP contribution < -0.4 is 5.32 Å². The number of nitrogens with zero attached hydrogens (tertiary/aromatic N) is 4. The quantitative estimate of drug-likeness (QED) is 0.515. The summed E-state index contributed by atoms with van der Waals surface area (Å²) in [6.45, 7) is 4.54. The molecule has 1 amide bonds. The third-order valence-corrected chi connectivity index (χ3v) is 4.89. The molecule has 7 nitrogen and oxygen atoms in total. The fourth-order valence-corrected chi connectivity index (χ4v) is 3.38. The van der Waals surface area contributed by atoms with Crippen molar-refractivity contribution in [3.8, 4) is 11.4 Å². The van der Waals surface area contributed by atoms with Crippen LogP contribution in [0.2, 0.25) is 0 Å². The number of carbonyl (C=O) groups excluding carboxylic acids is 1. The highest BCUT2D eigenvalue weighted by atomic mass is 19.4. The van der Waals surface area contributed by atoms with E-state index >= 15 is 0 Å². The zero-order valence-corrected chi connectivity index (χ0v) is 16.7. The number of hydrogen-bond acceptors (Lipinski definition) is 5. The molecular weight excluding hydrogens is 411 g/mol. The molecule has 0 aliphatic rings. The molecule has 31 heavy (non-hydrogen) atoms. The minimum Gasteiger partial charge on any atom is -0.350 e. The summed E-state index contributed by atoms with van der Waals surface area (Å²) in [6, 6.07) is 10.6. The van der Waals surface area contributed by atoms with E-state index < -0.39 is 12.1 Å². The number of fused-ring (bicyclic) bond motifs is 1. The molecule has 2 aromatic heterocycles. The van der Waals surface area contributed by atoms with Crippen molar-refractivity contribution in [1.29, 1.82) is 0 Å². The molecular formula is C21H18F3N5O2. The van der Waals surface area contributed by atoms with Crippen LogP contribution in [0.1, 0.15) is 27.4 Å². The summed E-state index contributed by atoms with van der Waals surface area (Å²) in [5.74, 6) is -1.72. The molecule has 0 bridgehead atoms. The van der Waals surface area contributed by atoms with Crippen LogP contribution in [0.4, 0.5) is 13.2 Å². The molecule has 0 unspecified atom stereocenters. The number of carbonyl (C=O) groups is 1. The maximum Gasteiger partial charge on any atom is 0.471 e. The number of amides is 1. The largest absolute Gasteiger partial charge is 0.471 e. The number of imidazole rings is 1. The van der Waals surface area contributed by atoms with Gasteiger partial charge in [-0.3, -0.25) is 4.79 Å². The minimum atomic E-state index is -4.70. The van der Waals surface area contributed by atoms with E-state index in [0.717, 1.165) is 11.1 Å². The van der Waals surface area contributed by atoms with Crippen molar-refractivity contribution < 1.29 is 22.5 Å². The molecule has 0 atom stereocenters. The second kappa shape index (κ2) is 7.86. The smallest absolute Gasteiger partial charge is 0.350 e. The van der Waals surface area contributed by atoms with Crippen molar-refractivity contribution in [3.63, 3.8) is 0 Å². The first-order valence-corrected chi connectivity index (χ1v) is 9.44. The molecule has 2 aromatic carbocycles. The normalized spacial score (nSPS) is 11.8. The number of hydrogen-bond donors (Lipinski definition) is 1. The highest BCUT2D eigenvalue weighted by Crippen LogP contribution is 2.30. The minimum absolute atomic E-state index is 0.160. The van der Waals surface area contributed by atoms with Crippen LogP contribution in [0, 0.1) is 13.8 Å². The molecule has 0 saturated carbocycles. The van der Waals surface area contributed by atoms with E-state index in [2.05, 4.69) is 25.0 Å². The fraction of sp³-hybridized carbons (Fsp3) is 0.238. The van der Waals surface area contributed by atoms with Crippen molar-refractivity contribution in [2.24, 2.45) is 0 Å². The lowest BCUT2D eigenvalue weighted by molar-refractivity contribution is -0.159. The van der Waals surface area contributed by atoms with Gasteiger partial charge in [0, 0.05) is 24.2 Å². The van der Waals surface area contributed by atoms with E-state index in [0.29, 0.717) is 35.2 Å². The van der Waals surface area contributed by atoms with Gasteiger partial charge in [-0.2, -0.15) is 18.2 Å². The van der Waals surface area contributed by atoms with Crippen LogP contribution in [-0.4, -0.2) is 32.1 Å². The predicted octanol–water partition coefficient (Wildman–Crippen LogP) is 4.15. The van der Waals surface area contributed by atoms with Crippen molar-refractivity contribution >= 4 is 16.9 Å². The fourth-order valence-electron chi connectivity index (χ4n) is 3.38. The topological polar surface area (TPSA) is 85.8 Å². The van der Waals surface area contributed by atoms with E-state index in [1.54, 1.807) is 29.1 Å². The summed E-state index contributed by atoms with van der Waals surface area (Å²) in [5, 5.41) is 6.31. The number of benzene rings is 2. The van der Waals surface area contributed by atoms with Crippen LogP contribution >= 0.6 is 0 Å². The summed E-state index contributed by atoms with van der Waals surface area (Å²) >= 11 is 0. The Labute approximate surface area is 174 Å². The molecule has 0 spiro atoms. The van der Waals surface area contributed by atoms with Crippen LogP contribution in [-0.2, 0) is 12.7 Å². The molecule has 4 rings (SSSR count). The van der Waals surface area contributed by atoms with Crippen molar-refractivity contribution in [3.05, 3.63) is 65.3 Å². The van der Waals surface area contributed by atoms with E-state index in [1.165, 1.54) is 0 Å². The van der Waals surface area contributed by atoms with Gasteiger partial charge in [0.25, 0.3) is 5.91 Å². The molecule has 0 radical (unpaired) electrons. The van der Waals surface area contributed by atoms with Crippen molar-refractivity contribution in [2.75, 3.05) is 6.54 Å². The summed E-state index contributed by atoms with van der Waals surface area (Å²) < 4.78 is 44.3. The van der Waals surface area contributed by atoms with Gasteiger partial charge < -0.3 is 14.4 Å². The van der Waals surface area contributed by atoms with Gasteiger partial charge in [0.2, 0.25) is 5.82 Å². The van der Waals surface area contributed by atoms with Crippen molar-refractivity contribution in [2.45, 2.75) is 26.6 Å². The van der Waals surface area contributed by atoms with Gasteiger partial charge in [0.1, 0.15) is 0 Å². The SMILES string of the molecule is Cc1cccc(C)c1C(=O)NCCn1cnc2ccc(-c3noc(C(F)(F)F)n3)cc21. The van der Waals surface area contributed by atoms with Gasteiger partial charge in [-0.05, 0) is 43.2 Å². The first-order valence-electron chi connectivity index (χ1n) is 9.44. The van der Waals surface area contributed by atoms with Gasteiger partial charge in [-0.25, -0.2) is 4.98 Å². The Hall–Kier alpha value is -3.69. The van der Waals surface area contributed by atoms with Gasteiger partial charge >= 0.3 is 12.1 Å². The average molecular weight is 429 g/mol. The lowest BCUT2D eigenvalue weighted by Crippen LogP contribution is -2.28. The summed E-state index contributed by atoms with van der Waals surface area (Å²) in [7, 11) is 0. The monoisotopic (exact) mass is 429 g/mol. The average Bonchev–Trinajstić information content (AvgIpc) is 3.35. The van der Waals surface area contributed by atoms with Crippen LogP contribution in [0.25, 0.3) is 22.4 Å². The summed E-state index contributed by atoms with van der Waals surface area (Å²) in [6.07, 6.45) is -3.10. The zero-order valence-electron chi connectivity index (χ0n) is 16.7. The number of aryl methyl sites for hydroxylation is 2. The van der Waals surface area contributed by atoms with Crippen LogP contribution in [0.3, 0.4) is 0 Å². The standard InChI is InChI=1S/C21H18F3N5O2/c1-12-4-3-5-13(2)17(12)19(30)25-8-9-29-11-26-15-7-6-14(10-16(15)29)18-27-20(31-28-18)21(22,23)24/h3-7,10-11H,8-9H2,1-2H3,(H,25,30). The van der Waals surface area contributed by atoms with Gasteiger partial charge in [-0.1, -0.05) is 23.4 Å². The number of aromatic nitrogens is 4. The second-order valence-corrected chi connectivity index (χ2v) is 7.09. The summed E-state index contributed by atoms with van der Waals surface area (Å²) in [5.41, 5.74) is 4.15. The summed E-state index contributed by atoms with van der Waals surface area (Å²) in [4.78, 5) is 20.3. The number of rotatable bonds is 5. The third kappa shape index (κ3) is 4.14. The van der Waals surface area contributed by atoms with E-state index in [-0.39, 0.29) is 11.7 Å². The molecule has 0 aliphatic heterocycles. The molecule has 0 aliphatic carbocycles. The van der Waals surface area contributed by atoms with Gasteiger partial charge in [-0.15, -0.1) is 0 Å². The van der Waals surface area contributed by atoms with Gasteiger partial charge in [0.15, 0.2) is 0 Å². The molecule has 1 N–H and O–H groups in total. The van der Waals surface area contributed by atoms with Crippen LogP contribution in [0.15, 0.2) is 47.2 Å². The van der Waals surface area contributed by atoms with Gasteiger partial charge in [0.05, 0.1) is 17.4 Å². The Bertz CT molecular complexity index is 1240. The first kappa shape index (κ1) is 20.6. The molecule has 4 aromatic rings. The highest BCUT2D eigenvalue weighted by molar-refractivity contribution is 5.97. The molecule has 160 valence electrons. The highest BCUT2D eigenvalue weighted by Gasteiger charge is 2.38. The molecule has 10 heteroatoms. The lowest BCUT2D eigenvalue weighted by atomic mass is 10.0. The Kier molecular flexibility index (Phi) is 5.22. The molecule has 2 heterocycles. The van der Waals surface area contributed by atoms with E-state index in [1.807, 2.05) is 32.0 Å². The van der Waals surface area contributed by atoms with E-state index in [9.17, 15) is 18.0 Å². The van der Waals surface area contributed by atoms with Crippen LogP contribution in [0.5, 0.6) is 0 Å².